The van der Waals surface area contributed by atoms with Crippen LogP contribution in [0.3, 0.4) is 0 Å². The smallest absolute Gasteiger partial charge is 0.326 e. The monoisotopic (exact) mass is 279 g/mol. The van der Waals surface area contributed by atoms with E-state index >= 15 is 0 Å². The number of carbonyl (C=O) groups excluding carboxylic acids is 1. The summed E-state index contributed by atoms with van der Waals surface area (Å²) in [5.41, 5.74) is 1.36. The van der Waals surface area contributed by atoms with E-state index in [0.717, 1.165) is 25.0 Å². The molecule has 1 aliphatic heterocycles. The summed E-state index contributed by atoms with van der Waals surface area (Å²) in [7, 11) is 0. The third-order valence-corrected chi connectivity index (χ3v) is 3.76. The standard InChI is InChI=1S/C14H21N3O3/c1-3-10-9-12(17(4-2)15-10)13(18)16-8-6-5-7-11(16)14(19)20/h9,11H,3-8H2,1-2H3,(H,19,20)/t11-/m1/s1. The maximum atomic E-state index is 12.6. The Bertz CT molecular complexity index is 510. The second-order valence-corrected chi connectivity index (χ2v) is 5.04. The molecule has 0 aliphatic carbocycles. The van der Waals surface area contributed by atoms with Gasteiger partial charge in [-0.05, 0) is 38.7 Å². The van der Waals surface area contributed by atoms with Crippen LogP contribution in [-0.4, -0.2) is 44.3 Å². The molecule has 0 radical (unpaired) electrons. The number of carboxylic acids is 1. The number of aryl methyl sites for hydroxylation is 2. The van der Waals surface area contributed by atoms with Gasteiger partial charge in [0.25, 0.3) is 5.91 Å². The number of likely N-dealkylation sites (tertiary alicyclic amines) is 1. The molecule has 2 rings (SSSR count). The van der Waals surface area contributed by atoms with E-state index in [-0.39, 0.29) is 5.91 Å². The van der Waals surface area contributed by atoms with Crippen molar-refractivity contribution in [2.45, 2.75) is 52.1 Å². The van der Waals surface area contributed by atoms with Crippen molar-refractivity contribution in [3.63, 3.8) is 0 Å². The molecule has 20 heavy (non-hydrogen) atoms. The van der Waals surface area contributed by atoms with Crippen LogP contribution in [0.5, 0.6) is 0 Å². The summed E-state index contributed by atoms with van der Waals surface area (Å²) < 4.78 is 1.66. The van der Waals surface area contributed by atoms with Crippen LogP contribution in [0.25, 0.3) is 0 Å². The Labute approximate surface area is 118 Å². The molecule has 6 nitrogen and oxygen atoms in total. The molecule has 0 saturated carbocycles. The minimum atomic E-state index is -0.920. The van der Waals surface area contributed by atoms with Gasteiger partial charge in [-0.3, -0.25) is 9.48 Å². The highest BCUT2D eigenvalue weighted by molar-refractivity contribution is 5.95. The van der Waals surface area contributed by atoms with Gasteiger partial charge in [0.15, 0.2) is 0 Å². The Hall–Kier alpha value is -1.85. The van der Waals surface area contributed by atoms with Crippen molar-refractivity contribution >= 4 is 11.9 Å². The van der Waals surface area contributed by atoms with Crippen molar-refractivity contribution in [3.8, 4) is 0 Å². The molecule has 1 amide bonds. The highest BCUT2D eigenvalue weighted by Crippen LogP contribution is 2.20. The average Bonchev–Trinajstić information content (AvgIpc) is 2.89. The molecule has 6 heteroatoms. The number of rotatable bonds is 4. The fraction of sp³-hybridized carbons (Fsp3) is 0.643. The van der Waals surface area contributed by atoms with E-state index < -0.39 is 12.0 Å². The lowest BCUT2D eigenvalue weighted by Gasteiger charge is -2.32. The van der Waals surface area contributed by atoms with Gasteiger partial charge in [-0.1, -0.05) is 6.92 Å². The minimum Gasteiger partial charge on any atom is -0.480 e. The number of hydrogen-bond acceptors (Lipinski definition) is 3. The summed E-state index contributed by atoms with van der Waals surface area (Å²) >= 11 is 0. The van der Waals surface area contributed by atoms with Crippen LogP contribution < -0.4 is 0 Å². The number of carboxylic acid groups (broad SMARTS) is 1. The van der Waals surface area contributed by atoms with Crippen LogP contribution >= 0.6 is 0 Å². The highest BCUT2D eigenvalue weighted by atomic mass is 16.4. The lowest BCUT2D eigenvalue weighted by Crippen LogP contribution is -2.48. The van der Waals surface area contributed by atoms with Gasteiger partial charge in [0.2, 0.25) is 0 Å². The van der Waals surface area contributed by atoms with Crippen LogP contribution in [0.15, 0.2) is 6.07 Å². The molecule has 1 saturated heterocycles. The fourth-order valence-electron chi connectivity index (χ4n) is 2.63. The van der Waals surface area contributed by atoms with E-state index in [4.69, 9.17) is 0 Å². The van der Waals surface area contributed by atoms with Crippen LogP contribution in [0.4, 0.5) is 0 Å². The Kier molecular flexibility index (Phi) is 4.42. The number of nitrogens with zero attached hydrogens (tertiary/aromatic N) is 3. The molecule has 1 fully saturated rings. The Morgan fingerprint density at radius 2 is 2.15 bits per heavy atom. The van der Waals surface area contributed by atoms with Gasteiger partial charge in [0.05, 0.1) is 5.69 Å². The molecule has 1 aromatic heterocycles. The van der Waals surface area contributed by atoms with Crippen molar-refractivity contribution < 1.29 is 14.7 Å². The molecule has 0 unspecified atom stereocenters. The van der Waals surface area contributed by atoms with E-state index in [1.54, 1.807) is 10.7 Å². The zero-order chi connectivity index (χ0) is 14.7. The average molecular weight is 279 g/mol. The molecule has 1 aromatic rings. The van der Waals surface area contributed by atoms with Crippen LogP contribution in [0, 0.1) is 0 Å². The first-order chi connectivity index (χ1) is 9.58. The molecule has 1 N–H and O–H groups in total. The predicted molar refractivity (Wildman–Crippen MR) is 73.6 cm³/mol. The van der Waals surface area contributed by atoms with Crippen LogP contribution in [0.2, 0.25) is 0 Å². The molecule has 1 aliphatic rings. The van der Waals surface area contributed by atoms with Crippen molar-refractivity contribution in [3.05, 3.63) is 17.5 Å². The molecular formula is C14H21N3O3. The van der Waals surface area contributed by atoms with Gasteiger partial charge in [-0.15, -0.1) is 0 Å². The van der Waals surface area contributed by atoms with Gasteiger partial charge in [-0.25, -0.2) is 4.79 Å². The Balaban J connectivity index is 2.29. The third-order valence-electron chi connectivity index (χ3n) is 3.76. The molecule has 0 bridgehead atoms. The second kappa shape index (κ2) is 6.07. The highest BCUT2D eigenvalue weighted by Gasteiger charge is 2.33. The van der Waals surface area contributed by atoms with Crippen molar-refractivity contribution in [2.75, 3.05) is 6.54 Å². The Morgan fingerprint density at radius 1 is 1.40 bits per heavy atom. The molecule has 1 atom stereocenters. The fourth-order valence-corrected chi connectivity index (χ4v) is 2.63. The number of aliphatic carboxylic acids is 1. The minimum absolute atomic E-state index is 0.217. The van der Waals surface area contributed by atoms with Crippen molar-refractivity contribution in [1.82, 2.24) is 14.7 Å². The summed E-state index contributed by atoms with van der Waals surface area (Å²) in [6.45, 7) is 5.02. The quantitative estimate of drug-likeness (QED) is 0.907. The van der Waals surface area contributed by atoms with E-state index in [1.807, 2.05) is 13.8 Å². The molecule has 0 aromatic carbocycles. The summed E-state index contributed by atoms with van der Waals surface area (Å²) in [4.78, 5) is 25.4. The lowest BCUT2D eigenvalue weighted by molar-refractivity contribution is -0.143. The van der Waals surface area contributed by atoms with E-state index in [9.17, 15) is 14.7 Å². The molecule has 0 spiro atoms. The number of piperidine rings is 1. The normalized spacial score (nSPS) is 19.1. The number of hydrogen-bond donors (Lipinski definition) is 1. The van der Waals surface area contributed by atoms with Gasteiger partial charge in [0, 0.05) is 13.1 Å². The topological polar surface area (TPSA) is 75.4 Å². The summed E-state index contributed by atoms with van der Waals surface area (Å²) in [6.07, 6.45) is 3.00. The number of aromatic nitrogens is 2. The van der Waals surface area contributed by atoms with Gasteiger partial charge >= 0.3 is 5.97 Å². The van der Waals surface area contributed by atoms with Gasteiger partial charge in [0.1, 0.15) is 11.7 Å². The van der Waals surface area contributed by atoms with Crippen LogP contribution in [-0.2, 0) is 17.8 Å². The van der Waals surface area contributed by atoms with E-state index in [1.165, 1.54) is 4.90 Å². The molecular weight excluding hydrogens is 258 g/mol. The SMILES string of the molecule is CCc1cc(C(=O)N2CCCC[C@@H]2C(=O)O)n(CC)n1. The Morgan fingerprint density at radius 3 is 2.75 bits per heavy atom. The first-order valence-corrected chi connectivity index (χ1v) is 7.19. The van der Waals surface area contributed by atoms with E-state index in [0.29, 0.717) is 25.2 Å². The first kappa shape index (κ1) is 14.6. The predicted octanol–water partition coefficient (Wildman–Crippen LogP) is 1.54. The lowest BCUT2D eigenvalue weighted by atomic mass is 10.0. The van der Waals surface area contributed by atoms with Crippen molar-refractivity contribution in [1.29, 1.82) is 0 Å². The van der Waals surface area contributed by atoms with Gasteiger partial charge in [-0.2, -0.15) is 5.10 Å². The summed E-state index contributed by atoms with van der Waals surface area (Å²) in [6, 6.07) is 1.07. The second-order valence-electron chi connectivity index (χ2n) is 5.04. The summed E-state index contributed by atoms with van der Waals surface area (Å²) in [5.74, 6) is -1.14. The third kappa shape index (κ3) is 2.69. The van der Waals surface area contributed by atoms with E-state index in [2.05, 4.69) is 5.10 Å². The zero-order valence-corrected chi connectivity index (χ0v) is 12.0. The van der Waals surface area contributed by atoms with Crippen molar-refractivity contribution in [2.24, 2.45) is 0 Å². The maximum Gasteiger partial charge on any atom is 0.326 e. The van der Waals surface area contributed by atoms with Gasteiger partial charge < -0.3 is 10.0 Å². The first-order valence-electron chi connectivity index (χ1n) is 7.19. The largest absolute Gasteiger partial charge is 0.480 e. The molecule has 2 heterocycles. The number of carbonyl (C=O) groups is 2. The zero-order valence-electron chi connectivity index (χ0n) is 12.0. The molecule has 110 valence electrons. The summed E-state index contributed by atoms with van der Waals surface area (Å²) in [5, 5.41) is 13.6. The maximum absolute atomic E-state index is 12.6. The number of amides is 1. The van der Waals surface area contributed by atoms with Crippen LogP contribution in [0.1, 0.15) is 49.3 Å².